The fourth-order valence-electron chi connectivity index (χ4n) is 4.55. The topological polar surface area (TPSA) is 102 Å². The molecule has 2 fully saturated rings. The zero-order valence-corrected chi connectivity index (χ0v) is 15.9. The van der Waals surface area contributed by atoms with E-state index in [0.29, 0.717) is 18.4 Å². The van der Waals surface area contributed by atoms with Crippen LogP contribution < -0.4 is 11.5 Å². The number of oxazole rings is 1. The van der Waals surface area contributed by atoms with Gasteiger partial charge in [-0.25, -0.2) is 9.36 Å². The molecular weight excluding hydrogens is 358 g/mol. The molecule has 28 heavy (non-hydrogen) atoms. The Morgan fingerprint density at radius 2 is 1.75 bits per heavy atom. The van der Waals surface area contributed by atoms with E-state index in [1.165, 1.54) is 4.57 Å². The van der Waals surface area contributed by atoms with E-state index in [-0.39, 0.29) is 29.5 Å². The number of amides is 1. The minimum Gasteiger partial charge on any atom is -0.492 e. The second-order valence-electron chi connectivity index (χ2n) is 7.88. The zero-order valence-electron chi connectivity index (χ0n) is 15.9. The van der Waals surface area contributed by atoms with Crippen molar-refractivity contribution in [3.05, 3.63) is 40.9 Å². The number of aromatic hydroxyl groups is 1. The molecule has 3 N–H and O–H groups in total. The third-order valence-electron chi connectivity index (χ3n) is 6.17. The Morgan fingerprint density at radius 1 is 1.11 bits per heavy atom. The number of hydrogen-bond donors (Lipinski definition) is 2. The zero-order chi connectivity index (χ0) is 19.7. The molecule has 1 aromatic carbocycles. The van der Waals surface area contributed by atoms with Crippen molar-refractivity contribution in [2.75, 3.05) is 13.1 Å². The van der Waals surface area contributed by atoms with Gasteiger partial charge >= 0.3 is 5.76 Å². The van der Waals surface area contributed by atoms with Gasteiger partial charge in [-0.1, -0.05) is 30.3 Å². The van der Waals surface area contributed by atoms with Crippen LogP contribution in [0.1, 0.15) is 44.6 Å². The van der Waals surface area contributed by atoms with E-state index in [2.05, 4.69) is 0 Å². The highest BCUT2D eigenvalue weighted by atomic mass is 16.4. The summed E-state index contributed by atoms with van der Waals surface area (Å²) in [5.74, 6) is -0.304. The van der Waals surface area contributed by atoms with Gasteiger partial charge in [0, 0.05) is 24.7 Å². The Morgan fingerprint density at radius 3 is 2.39 bits per heavy atom. The van der Waals surface area contributed by atoms with Gasteiger partial charge in [0.05, 0.1) is 6.04 Å². The lowest BCUT2D eigenvalue weighted by Crippen LogP contribution is -2.47. The first kappa shape index (κ1) is 18.8. The third-order valence-corrected chi connectivity index (χ3v) is 6.17. The molecule has 7 heteroatoms. The number of rotatable bonds is 4. The van der Waals surface area contributed by atoms with Gasteiger partial charge in [-0.2, -0.15) is 0 Å². The molecule has 1 atom stereocenters. The van der Waals surface area contributed by atoms with Crippen LogP contribution in [0.5, 0.6) is 5.88 Å². The summed E-state index contributed by atoms with van der Waals surface area (Å²) >= 11 is 0. The Bertz CT molecular complexity index is 875. The first-order valence-corrected chi connectivity index (χ1v) is 10.1. The maximum absolute atomic E-state index is 12.6. The molecule has 7 nitrogen and oxygen atoms in total. The first-order chi connectivity index (χ1) is 13.6. The summed E-state index contributed by atoms with van der Waals surface area (Å²) in [6, 6.07) is 8.49. The van der Waals surface area contributed by atoms with Crippen LogP contribution in [0.3, 0.4) is 0 Å². The third kappa shape index (κ3) is 3.46. The molecule has 4 rings (SSSR count). The molecule has 2 aromatic rings. The van der Waals surface area contributed by atoms with Crippen LogP contribution in [0.15, 0.2) is 39.5 Å². The summed E-state index contributed by atoms with van der Waals surface area (Å²) in [5.41, 5.74) is 6.94. The number of carbonyl (C=O) groups is 1. The normalized spacial score (nSPS) is 23.7. The molecule has 150 valence electrons. The largest absolute Gasteiger partial charge is 0.492 e. The number of benzene rings is 1. The molecule has 1 aliphatic carbocycles. The van der Waals surface area contributed by atoms with Gasteiger partial charge < -0.3 is 20.2 Å². The monoisotopic (exact) mass is 385 g/mol. The molecule has 2 heterocycles. The van der Waals surface area contributed by atoms with E-state index in [1.54, 1.807) is 12.1 Å². The lowest BCUT2D eigenvalue weighted by Gasteiger charge is -2.33. The number of nitrogens with two attached hydrogens (primary N) is 1. The lowest BCUT2D eigenvalue weighted by molar-refractivity contribution is -0.133. The molecule has 2 aliphatic rings. The summed E-state index contributed by atoms with van der Waals surface area (Å²) in [4.78, 5) is 26.8. The first-order valence-electron chi connectivity index (χ1n) is 10.1. The van der Waals surface area contributed by atoms with Crippen molar-refractivity contribution >= 4 is 5.91 Å². The van der Waals surface area contributed by atoms with Crippen molar-refractivity contribution in [3.8, 4) is 17.2 Å². The Labute approximate surface area is 163 Å². The minimum absolute atomic E-state index is 0.0515. The Balaban J connectivity index is 1.45. The summed E-state index contributed by atoms with van der Waals surface area (Å²) < 4.78 is 6.69. The van der Waals surface area contributed by atoms with Crippen LogP contribution in [0.2, 0.25) is 0 Å². The SMILES string of the molecule is N[C@H](C(=O)N1CCCC1)C1CCC(n2c(O)c(-c3ccccc3)oc2=O)CC1. The van der Waals surface area contributed by atoms with E-state index >= 15 is 0 Å². The highest BCUT2D eigenvalue weighted by molar-refractivity contribution is 5.82. The van der Waals surface area contributed by atoms with E-state index in [0.717, 1.165) is 38.8 Å². The van der Waals surface area contributed by atoms with Crippen molar-refractivity contribution < 1.29 is 14.3 Å². The van der Waals surface area contributed by atoms with Crippen LogP contribution >= 0.6 is 0 Å². The van der Waals surface area contributed by atoms with Crippen molar-refractivity contribution in [2.45, 2.75) is 50.6 Å². The quantitative estimate of drug-likeness (QED) is 0.842. The van der Waals surface area contributed by atoms with Crippen LogP contribution in [-0.2, 0) is 4.79 Å². The second-order valence-corrected chi connectivity index (χ2v) is 7.88. The molecule has 0 bridgehead atoms. The maximum Gasteiger partial charge on any atom is 0.422 e. The Hall–Kier alpha value is -2.54. The summed E-state index contributed by atoms with van der Waals surface area (Å²) in [7, 11) is 0. The molecule has 0 radical (unpaired) electrons. The minimum atomic E-state index is -0.544. The van der Waals surface area contributed by atoms with E-state index < -0.39 is 11.8 Å². The van der Waals surface area contributed by atoms with E-state index in [1.807, 2.05) is 23.1 Å². The maximum atomic E-state index is 12.6. The molecular formula is C21H27N3O4. The molecule has 1 saturated carbocycles. The standard InChI is InChI=1S/C21H27N3O4/c22-17(19(25)23-12-4-5-13-23)14-8-10-16(11-9-14)24-20(26)18(28-21(24)27)15-6-2-1-3-7-15/h1-3,6-7,14,16-17,26H,4-5,8-13,22H2/t14?,16?,17-/m0/s1. The molecule has 0 unspecified atom stereocenters. The van der Waals surface area contributed by atoms with Gasteiger partial charge in [0.1, 0.15) is 0 Å². The van der Waals surface area contributed by atoms with Gasteiger partial charge in [0.15, 0.2) is 5.76 Å². The fraction of sp³-hybridized carbons (Fsp3) is 0.524. The predicted molar refractivity (Wildman–Crippen MR) is 105 cm³/mol. The van der Waals surface area contributed by atoms with Gasteiger partial charge in [-0.05, 0) is 44.4 Å². The molecule has 1 amide bonds. The molecule has 0 spiro atoms. The van der Waals surface area contributed by atoms with Gasteiger partial charge in [0.2, 0.25) is 11.8 Å². The number of carbonyl (C=O) groups excluding carboxylic acids is 1. The summed E-state index contributed by atoms with van der Waals surface area (Å²) in [6.45, 7) is 1.62. The molecule has 1 aliphatic heterocycles. The smallest absolute Gasteiger partial charge is 0.422 e. The van der Waals surface area contributed by atoms with Crippen molar-refractivity contribution in [1.82, 2.24) is 9.47 Å². The highest BCUT2D eigenvalue weighted by Gasteiger charge is 2.35. The van der Waals surface area contributed by atoms with Gasteiger partial charge in [-0.15, -0.1) is 0 Å². The van der Waals surface area contributed by atoms with Crippen molar-refractivity contribution in [1.29, 1.82) is 0 Å². The number of likely N-dealkylation sites (tertiary alicyclic amines) is 1. The number of aromatic nitrogens is 1. The second kappa shape index (κ2) is 7.83. The van der Waals surface area contributed by atoms with Crippen molar-refractivity contribution in [3.63, 3.8) is 0 Å². The van der Waals surface area contributed by atoms with Gasteiger partial charge in [0.25, 0.3) is 0 Å². The highest BCUT2D eigenvalue weighted by Crippen LogP contribution is 2.38. The van der Waals surface area contributed by atoms with E-state index in [9.17, 15) is 14.7 Å². The number of nitrogens with zero attached hydrogens (tertiary/aromatic N) is 2. The van der Waals surface area contributed by atoms with Crippen LogP contribution in [0.25, 0.3) is 11.3 Å². The van der Waals surface area contributed by atoms with Crippen LogP contribution in [0, 0.1) is 5.92 Å². The lowest BCUT2D eigenvalue weighted by atomic mass is 9.81. The Kier molecular flexibility index (Phi) is 5.26. The molecule has 1 saturated heterocycles. The summed E-state index contributed by atoms with van der Waals surface area (Å²) in [6.07, 6.45) is 4.99. The average molecular weight is 385 g/mol. The predicted octanol–water partition coefficient (Wildman–Crippen LogP) is 2.49. The fourth-order valence-corrected chi connectivity index (χ4v) is 4.55. The number of hydrogen-bond acceptors (Lipinski definition) is 5. The van der Waals surface area contributed by atoms with Gasteiger partial charge in [-0.3, -0.25) is 4.79 Å². The van der Waals surface area contributed by atoms with Crippen LogP contribution in [0.4, 0.5) is 0 Å². The average Bonchev–Trinajstić information content (AvgIpc) is 3.36. The van der Waals surface area contributed by atoms with Crippen molar-refractivity contribution in [2.24, 2.45) is 11.7 Å². The van der Waals surface area contributed by atoms with E-state index in [4.69, 9.17) is 10.2 Å². The van der Waals surface area contributed by atoms with Crippen LogP contribution in [-0.4, -0.2) is 39.6 Å². The molecule has 1 aromatic heterocycles. The summed E-state index contributed by atoms with van der Waals surface area (Å²) in [5, 5.41) is 10.6.